The van der Waals surface area contributed by atoms with Gasteiger partial charge in [0.1, 0.15) is 0 Å². The number of amides is 1. The molecule has 1 aliphatic heterocycles. The fourth-order valence-electron chi connectivity index (χ4n) is 2.38. The van der Waals surface area contributed by atoms with E-state index in [9.17, 15) is 4.79 Å². The number of nitrogens with zero attached hydrogens (tertiary/aromatic N) is 2. The number of benzene rings is 1. The quantitative estimate of drug-likeness (QED) is 0.868. The van der Waals surface area contributed by atoms with Crippen molar-refractivity contribution in [2.45, 2.75) is 19.4 Å². The van der Waals surface area contributed by atoms with Crippen LogP contribution >= 0.6 is 0 Å². The van der Waals surface area contributed by atoms with Crippen LogP contribution in [0, 0.1) is 17.2 Å². The minimum absolute atomic E-state index is 0.0208. The van der Waals surface area contributed by atoms with Gasteiger partial charge < -0.3 is 5.73 Å². The van der Waals surface area contributed by atoms with E-state index in [1.807, 2.05) is 24.3 Å². The van der Waals surface area contributed by atoms with E-state index in [-0.39, 0.29) is 11.8 Å². The molecule has 0 saturated carbocycles. The molecule has 4 heteroatoms. The lowest BCUT2D eigenvalue weighted by atomic mass is 9.95. The fourth-order valence-corrected chi connectivity index (χ4v) is 2.38. The lowest BCUT2D eigenvalue weighted by Gasteiger charge is -2.30. The van der Waals surface area contributed by atoms with Gasteiger partial charge in [0.15, 0.2) is 0 Å². The molecule has 0 aromatic heterocycles. The lowest BCUT2D eigenvalue weighted by molar-refractivity contribution is -0.123. The molecule has 1 amide bonds. The van der Waals surface area contributed by atoms with E-state index in [0.717, 1.165) is 43.6 Å². The molecule has 1 fully saturated rings. The van der Waals surface area contributed by atoms with Crippen LogP contribution in [0.3, 0.4) is 0 Å². The molecule has 4 nitrogen and oxygen atoms in total. The topological polar surface area (TPSA) is 70.1 Å². The van der Waals surface area contributed by atoms with Gasteiger partial charge in [0, 0.05) is 12.5 Å². The Morgan fingerprint density at radius 1 is 1.39 bits per heavy atom. The molecule has 18 heavy (non-hydrogen) atoms. The molecule has 1 heterocycles. The lowest BCUT2D eigenvalue weighted by Crippen LogP contribution is -2.38. The number of carbonyl (C=O) groups excluding carboxylic acids is 1. The molecule has 1 aliphatic rings. The van der Waals surface area contributed by atoms with Crippen molar-refractivity contribution in [2.24, 2.45) is 11.7 Å². The molecule has 2 N–H and O–H groups in total. The SMILES string of the molecule is N#Cc1ccccc1CN1CCC(C(N)=O)CC1. The molecule has 0 aliphatic carbocycles. The number of nitriles is 1. The Morgan fingerprint density at radius 3 is 2.67 bits per heavy atom. The summed E-state index contributed by atoms with van der Waals surface area (Å²) in [6, 6.07) is 9.86. The van der Waals surface area contributed by atoms with Crippen LogP contribution in [-0.2, 0) is 11.3 Å². The average molecular weight is 243 g/mol. The first-order chi connectivity index (χ1) is 8.70. The van der Waals surface area contributed by atoms with Crippen molar-refractivity contribution >= 4 is 5.91 Å². The molecule has 1 saturated heterocycles. The number of piperidine rings is 1. The van der Waals surface area contributed by atoms with Crippen molar-refractivity contribution in [2.75, 3.05) is 13.1 Å². The van der Waals surface area contributed by atoms with Gasteiger partial charge in [-0.15, -0.1) is 0 Å². The summed E-state index contributed by atoms with van der Waals surface area (Å²) in [6.07, 6.45) is 1.65. The first kappa shape index (κ1) is 12.6. The molecule has 2 rings (SSSR count). The molecule has 0 atom stereocenters. The van der Waals surface area contributed by atoms with Gasteiger partial charge in [0.05, 0.1) is 11.6 Å². The largest absolute Gasteiger partial charge is 0.369 e. The second-order valence-electron chi connectivity index (χ2n) is 4.72. The highest BCUT2D eigenvalue weighted by Crippen LogP contribution is 2.19. The van der Waals surface area contributed by atoms with Gasteiger partial charge in [-0.1, -0.05) is 18.2 Å². The van der Waals surface area contributed by atoms with Crippen molar-refractivity contribution in [3.05, 3.63) is 35.4 Å². The van der Waals surface area contributed by atoms with Crippen molar-refractivity contribution in [1.29, 1.82) is 5.26 Å². The van der Waals surface area contributed by atoms with E-state index >= 15 is 0 Å². The van der Waals surface area contributed by atoms with Crippen molar-refractivity contribution in [3.63, 3.8) is 0 Å². The van der Waals surface area contributed by atoms with Crippen LogP contribution in [0.15, 0.2) is 24.3 Å². The third-order valence-electron chi connectivity index (χ3n) is 3.52. The van der Waals surface area contributed by atoms with Gasteiger partial charge in [0.25, 0.3) is 0 Å². The Morgan fingerprint density at radius 2 is 2.06 bits per heavy atom. The fraction of sp³-hybridized carbons (Fsp3) is 0.429. The van der Waals surface area contributed by atoms with Crippen LogP contribution < -0.4 is 5.73 Å². The molecule has 94 valence electrons. The van der Waals surface area contributed by atoms with Gasteiger partial charge in [0.2, 0.25) is 5.91 Å². The van der Waals surface area contributed by atoms with E-state index in [0.29, 0.717) is 0 Å². The van der Waals surface area contributed by atoms with Crippen LogP contribution in [-0.4, -0.2) is 23.9 Å². The van der Waals surface area contributed by atoms with Crippen molar-refractivity contribution < 1.29 is 4.79 Å². The third-order valence-corrected chi connectivity index (χ3v) is 3.52. The third kappa shape index (κ3) is 2.88. The number of hydrogen-bond acceptors (Lipinski definition) is 3. The molecule has 0 spiro atoms. The smallest absolute Gasteiger partial charge is 0.220 e. The highest BCUT2D eigenvalue weighted by atomic mass is 16.1. The minimum atomic E-state index is -0.188. The second-order valence-corrected chi connectivity index (χ2v) is 4.72. The maximum atomic E-state index is 11.1. The first-order valence-electron chi connectivity index (χ1n) is 6.20. The number of rotatable bonds is 3. The second kappa shape index (κ2) is 5.65. The normalized spacial score (nSPS) is 17.3. The summed E-state index contributed by atoms with van der Waals surface area (Å²) in [5.41, 5.74) is 7.09. The van der Waals surface area contributed by atoms with Gasteiger partial charge in [-0.3, -0.25) is 9.69 Å². The summed E-state index contributed by atoms with van der Waals surface area (Å²) in [6.45, 7) is 2.51. The van der Waals surface area contributed by atoms with Crippen LogP contribution in [0.2, 0.25) is 0 Å². The van der Waals surface area contributed by atoms with Crippen LogP contribution in [0.25, 0.3) is 0 Å². The maximum absolute atomic E-state index is 11.1. The zero-order valence-electron chi connectivity index (χ0n) is 10.3. The monoisotopic (exact) mass is 243 g/mol. The van der Waals surface area contributed by atoms with Crippen LogP contribution in [0.4, 0.5) is 0 Å². The standard InChI is InChI=1S/C14H17N3O/c15-9-12-3-1-2-4-13(12)10-17-7-5-11(6-8-17)14(16)18/h1-4,11H,5-8,10H2,(H2,16,18). The van der Waals surface area contributed by atoms with E-state index in [4.69, 9.17) is 11.0 Å². The molecule has 0 bridgehead atoms. The van der Waals surface area contributed by atoms with Gasteiger partial charge in [-0.25, -0.2) is 0 Å². The van der Waals surface area contributed by atoms with E-state index in [1.54, 1.807) is 0 Å². The Kier molecular flexibility index (Phi) is 3.96. The first-order valence-corrected chi connectivity index (χ1v) is 6.20. The predicted molar refractivity (Wildman–Crippen MR) is 68.4 cm³/mol. The Bertz CT molecular complexity index is 470. The maximum Gasteiger partial charge on any atom is 0.220 e. The van der Waals surface area contributed by atoms with Crippen molar-refractivity contribution in [1.82, 2.24) is 4.90 Å². The van der Waals surface area contributed by atoms with Gasteiger partial charge in [-0.2, -0.15) is 5.26 Å². The molecule has 0 radical (unpaired) electrons. The zero-order chi connectivity index (χ0) is 13.0. The summed E-state index contributed by atoms with van der Waals surface area (Å²) in [7, 11) is 0. The van der Waals surface area contributed by atoms with Crippen molar-refractivity contribution in [3.8, 4) is 6.07 Å². The Balaban J connectivity index is 1.96. The van der Waals surface area contributed by atoms with Crippen LogP contribution in [0.1, 0.15) is 24.0 Å². The molecule has 1 aromatic rings. The zero-order valence-corrected chi connectivity index (χ0v) is 10.3. The summed E-state index contributed by atoms with van der Waals surface area (Å²) >= 11 is 0. The van der Waals surface area contributed by atoms with E-state index in [1.165, 1.54) is 0 Å². The molecule has 1 aromatic carbocycles. The minimum Gasteiger partial charge on any atom is -0.369 e. The number of hydrogen-bond donors (Lipinski definition) is 1. The molecular formula is C14H17N3O. The number of carbonyl (C=O) groups is 1. The van der Waals surface area contributed by atoms with Gasteiger partial charge >= 0.3 is 0 Å². The Labute approximate surface area is 107 Å². The molecule has 0 unspecified atom stereocenters. The number of nitrogens with two attached hydrogens (primary N) is 1. The highest BCUT2D eigenvalue weighted by molar-refractivity contribution is 5.76. The average Bonchev–Trinajstić information content (AvgIpc) is 2.40. The van der Waals surface area contributed by atoms with E-state index < -0.39 is 0 Å². The number of primary amides is 1. The summed E-state index contributed by atoms with van der Waals surface area (Å²) in [4.78, 5) is 13.4. The van der Waals surface area contributed by atoms with E-state index in [2.05, 4.69) is 11.0 Å². The summed E-state index contributed by atoms with van der Waals surface area (Å²) < 4.78 is 0. The van der Waals surface area contributed by atoms with Crippen LogP contribution in [0.5, 0.6) is 0 Å². The molecular weight excluding hydrogens is 226 g/mol. The predicted octanol–water partition coefficient (Wildman–Crippen LogP) is 1.26. The van der Waals surface area contributed by atoms with Gasteiger partial charge in [-0.05, 0) is 37.6 Å². The summed E-state index contributed by atoms with van der Waals surface area (Å²) in [5.74, 6) is -0.167. The summed E-state index contributed by atoms with van der Waals surface area (Å²) in [5, 5.41) is 9.03. The Hall–Kier alpha value is -1.86. The highest BCUT2D eigenvalue weighted by Gasteiger charge is 2.23. The number of likely N-dealkylation sites (tertiary alicyclic amines) is 1.